The van der Waals surface area contributed by atoms with E-state index in [2.05, 4.69) is 47.6 Å². The van der Waals surface area contributed by atoms with Gasteiger partial charge >= 0.3 is 0 Å². The zero-order chi connectivity index (χ0) is 12.1. The Morgan fingerprint density at radius 3 is 2.47 bits per heavy atom. The lowest BCUT2D eigenvalue weighted by molar-refractivity contribution is 0.727. The molecule has 0 fully saturated rings. The number of hydrogen-bond acceptors (Lipinski definition) is 2. The van der Waals surface area contributed by atoms with E-state index in [0.717, 1.165) is 18.8 Å². The highest BCUT2D eigenvalue weighted by Gasteiger charge is 1.98. The van der Waals surface area contributed by atoms with Gasteiger partial charge in [-0.15, -0.1) is 0 Å². The van der Waals surface area contributed by atoms with Crippen LogP contribution in [0.25, 0.3) is 11.1 Å². The molecule has 0 aliphatic rings. The van der Waals surface area contributed by atoms with Crippen LogP contribution in [-0.4, -0.2) is 11.5 Å². The highest BCUT2D eigenvalue weighted by molar-refractivity contribution is 5.63. The van der Waals surface area contributed by atoms with E-state index in [1.54, 1.807) is 0 Å². The number of nitrogens with zero attached hydrogens (tertiary/aromatic N) is 1. The van der Waals surface area contributed by atoms with Gasteiger partial charge in [-0.05, 0) is 42.3 Å². The predicted molar refractivity (Wildman–Crippen MR) is 71.8 cm³/mol. The lowest BCUT2D eigenvalue weighted by Gasteiger charge is -2.05. The Morgan fingerprint density at radius 1 is 1.06 bits per heavy atom. The minimum atomic E-state index is 0.937. The van der Waals surface area contributed by atoms with E-state index in [0.29, 0.717) is 0 Å². The molecule has 0 radical (unpaired) electrons. The first kappa shape index (κ1) is 11.8. The van der Waals surface area contributed by atoms with E-state index < -0.39 is 0 Å². The van der Waals surface area contributed by atoms with E-state index in [-0.39, 0.29) is 0 Å². The second-order valence-electron chi connectivity index (χ2n) is 4.16. The summed E-state index contributed by atoms with van der Waals surface area (Å²) in [5, 5.41) is 3.32. The molecule has 1 heterocycles. The van der Waals surface area contributed by atoms with Gasteiger partial charge in [-0.3, -0.25) is 4.98 Å². The molecule has 0 aliphatic heterocycles. The number of nitrogens with one attached hydrogen (secondary N) is 1. The van der Waals surface area contributed by atoms with Crippen LogP contribution in [0.15, 0.2) is 42.6 Å². The molecule has 17 heavy (non-hydrogen) atoms. The van der Waals surface area contributed by atoms with Crippen molar-refractivity contribution in [3.05, 3.63) is 53.9 Å². The highest BCUT2D eigenvalue weighted by Crippen LogP contribution is 2.19. The molecular weight excluding hydrogens is 208 g/mol. The summed E-state index contributed by atoms with van der Waals surface area (Å²) in [6.45, 7) is 6.08. The van der Waals surface area contributed by atoms with E-state index in [9.17, 15) is 0 Å². The average molecular weight is 226 g/mol. The van der Waals surface area contributed by atoms with Crippen LogP contribution in [-0.2, 0) is 6.54 Å². The SMILES string of the molecule is CCNCc1ccc(-c2ccnc(C)c2)cc1. The van der Waals surface area contributed by atoms with Crippen molar-refractivity contribution in [3.63, 3.8) is 0 Å². The zero-order valence-corrected chi connectivity index (χ0v) is 10.4. The van der Waals surface area contributed by atoms with Crippen LogP contribution >= 0.6 is 0 Å². The number of hydrogen-bond donors (Lipinski definition) is 1. The molecule has 0 saturated heterocycles. The monoisotopic (exact) mass is 226 g/mol. The van der Waals surface area contributed by atoms with E-state index in [4.69, 9.17) is 0 Å². The predicted octanol–water partition coefficient (Wildman–Crippen LogP) is 3.17. The Labute approximate surface area is 103 Å². The normalized spacial score (nSPS) is 10.5. The lowest BCUT2D eigenvalue weighted by Crippen LogP contribution is -2.11. The quantitative estimate of drug-likeness (QED) is 0.866. The van der Waals surface area contributed by atoms with Crippen LogP contribution in [0.2, 0.25) is 0 Å². The van der Waals surface area contributed by atoms with Gasteiger partial charge in [0, 0.05) is 18.4 Å². The van der Waals surface area contributed by atoms with Gasteiger partial charge in [0.25, 0.3) is 0 Å². The third kappa shape index (κ3) is 3.14. The average Bonchev–Trinajstić information content (AvgIpc) is 2.37. The van der Waals surface area contributed by atoms with Crippen molar-refractivity contribution in [2.75, 3.05) is 6.54 Å². The van der Waals surface area contributed by atoms with Crippen LogP contribution in [0, 0.1) is 6.92 Å². The Bertz CT molecular complexity index is 475. The first-order valence-corrected chi connectivity index (χ1v) is 6.02. The van der Waals surface area contributed by atoms with E-state index in [1.165, 1.54) is 16.7 Å². The van der Waals surface area contributed by atoms with Crippen molar-refractivity contribution in [1.29, 1.82) is 0 Å². The Kier molecular flexibility index (Phi) is 3.89. The Hall–Kier alpha value is -1.67. The van der Waals surface area contributed by atoms with Gasteiger partial charge in [0.15, 0.2) is 0 Å². The Balaban J connectivity index is 2.17. The van der Waals surface area contributed by atoms with E-state index in [1.807, 2.05) is 19.2 Å². The number of benzene rings is 1. The maximum Gasteiger partial charge on any atom is 0.0378 e. The third-order valence-electron chi connectivity index (χ3n) is 2.76. The van der Waals surface area contributed by atoms with Crippen molar-refractivity contribution in [2.24, 2.45) is 0 Å². The molecule has 2 heteroatoms. The second kappa shape index (κ2) is 5.60. The Morgan fingerprint density at radius 2 is 1.82 bits per heavy atom. The summed E-state index contributed by atoms with van der Waals surface area (Å²) >= 11 is 0. The maximum atomic E-state index is 4.21. The third-order valence-corrected chi connectivity index (χ3v) is 2.76. The van der Waals surface area contributed by atoms with Crippen LogP contribution in [0.5, 0.6) is 0 Å². The van der Waals surface area contributed by atoms with Crippen LogP contribution < -0.4 is 5.32 Å². The summed E-state index contributed by atoms with van der Waals surface area (Å²) < 4.78 is 0. The minimum absolute atomic E-state index is 0.937. The second-order valence-corrected chi connectivity index (χ2v) is 4.16. The van der Waals surface area contributed by atoms with Gasteiger partial charge in [0.2, 0.25) is 0 Å². The van der Waals surface area contributed by atoms with Crippen molar-refractivity contribution >= 4 is 0 Å². The number of aryl methyl sites for hydroxylation is 1. The zero-order valence-electron chi connectivity index (χ0n) is 10.4. The van der Waals surface area contributed by atoms with Gasteiger partial charge in [0.05, 0.1) is 0 Å². The molecule has 0 unspecified atom stereocenters. The van der Waals surface area contributed by atoms with Crippen LogP contribution in [0.3, 0.4) is 0 Å². The van der Waals surface area contributed by atoms with Gasteiger partial charge in [-0.2, -0.15) is 0 Å². The molecule has 1 N–H and O–H groups in total. The first-order chi connectivity index (χ1) is 8.29. The molecule has 1 aromatic heterocycles. The topological polar surface area (TPSA) is 24.9 Å². The molecular formula is C15H18N2. The fourth-order valence-electron chi connectivity index (χ4n) is 1.81. The fraction of sp³-hybridized carbons (Fsp3) is 0.267. The number of aromatic nitrogens is 1. The molecule has 0 saturated carbocycles. The lowest BCUT2D eigenvalue weighted by atomic mass is 10.0. The van der Waals surface area contributed by atoms with Gasteiger partial charge in [-0.25, -0.2) is 0 Å². The molecule has 2 aromatic rings. The van der Waals surface area contributed by atoms with Gasteiger partial charge in [0.1, 0.15) is 0 Å². The highest BCUT2D eigenvalue weighted by atomic mass is 14.8. The molecule has 0 amide bonds. The number of pyridine rings is 1. The summed E-state index contributed by atoms with van der Waals surface area (Å²) in [5.74, 6) is 0. The number of rotatable bonds is 4. The molecule has 0 bridgehead atoms. The fourth-order valence-corrected chi connectivity index (χ4v) is 1.81. The summed E-state index contributed by atoms with van der Waals surface area (Å²) in [7, 11) is 0. The molecule has 88 valence electrons. The van der Waals surface area contributed by atoms with Crippen molar-refractivity contribution in [2.45, 2.75) is 20.4 Å². The largest absolute Gasteiger partial charge is 0.313 e. The standard InChI is InChI=1S/C15H18N2/c1-3-16-11-13-4-6-14(7-5-13)15-8-9-17-12(2)10-15/h4-10,16H,3,11H2,1-2H3. The van der Waals surface area contributed by atoms with E-state index >= 15 is 0 Å². The maximum absolute atomic E-state index is 4.21. The minimum Gasteiger partial charge on any atom is -0.313 e. The smallest absolute Gasteiger partial charge is 0.0378 e. The first-order valence-electron chi connectivity index (χ1n) is 6.02. The van der Waals surface area contributed by atoms with Crippen molar-refractivity contribution < 1.29 is 0 Å². The van der Waals surface area contributed by atoms with Gasteiger partial charge in [-0.1, -0.05) is 31.2 Å². The van der Waals surface area contributed by atoms with Gasteiger partial charge < -0.3 is 5.32 Å². The molecule has 2 nitrogen and oxygen atoms in total. The summed E-state index contributed by atoms with van der Waals surface area (Å²) in [6.07, 6.45) is 1.86. The molecule has 1 aromatic carbocycles. The van der Waals surface area contributed by atoms with Crippen LogP contribution in [0.4, 0.5) is 0 Å². The van der Waals surface area contributed by atoms with Crippen LogP contribution in [0.1, 0.15) is 18.2 Å². The molecule has 0 spiro atoms. The summed E-state index contributed by atoms with van der Waals surface area (Å²) in [4.78, 5) is 4.21. The summed E-state index contributed by atoms with van der Waals surface area (Å²) in [5.41, 5.74) is 4.85. The molecule has 0 aliphatic carbocycles. The molecule has 0 atom stereocenters. The molecule has 2 rings (SSSR count). The summed E-state index contributed by atoms with van der Waals surface area (Å²) in [6, 6.07) is 12.8. The van der Waals surface area contributed by atoms with Crippen molar-refractivity contribution in [3.8, 4) is 11.1 Å². The van der Waals surface area contributed by atoms with Crippen molar-refractivity contribution in [1.82, 2.24) is 10.3 Å².